The van der Waals surface area contributed by atoms with Crippen molar-refractivity contribution in [1.82, 2.24) is 10.3 Å². The summed E-state index contributed by atoms with van der Waals surface area (Å²) in [4.78, 5) is 32.8. The fourth-order valence-electron chi connectivity index (χ4n) is 3.54. The van der Waals surface area contributed by atoms with Crippen LogP contribution in [0.1, 0.15) is 29.6 Å². The van der Waals surface area contributed by atoms with E-state index in [0.717, 1.165) is 25.0 Å². The molecular formula is C22H20F4N4O2. The number of dihydropyridines is 1. The van der Waals surface area contributed by atoms with E-state index in [-0.39, 0.29) is 35.3 Å². The van der Waals surface area contributed by atoms with Crippen molar-refractivity contribution in [2.45, 2.75) is 37.7 Å². The van der Waals surface area contributed by atoms with Crippen LogP contribution in [-0.4, -0.2) is 47.9 Å². The number of hydrogen-bond acceptors (Lipinski definition) is 4. The monoisotopic (exact) mass is 448 g/mol. The molecule has 4 rings (SSSR count). The molecule has 0 bridgehead atoms. The van der Waals surface area contributed by atoms with E-state index in [1.54, 1.807) is 0 Å². The van der Waals surface area contributed by atoms with Crippen molar-refractivity contribution in [1.29, 1.82) is 0 Å². The second-order valence-electron chi connectivity index (χ2n) is 7.84. The summed E-state index contributed by atoms with van der Waals surface area (Å²) in [5.74, 6) is -0.422. The molecule has 0 spiro atoms. The Labute approximate surface area is 181 Å². The maximum Gasteiger partial charge on any atom is 0.412 e. The van der Waals surface area contributed by atoms with E-state index < -0.39 is 36.3 Å². The molecule has 3 aliphatic rings. The molecule has 1 saturated carbocycles. The quantitative estimate of drug-likeness (QED) is 0.674. The van der Waals surface area contributed by atoms with Gasteiger partial charge in [-0.2, -0.15) is 13.2 Å². The number of anilines is 1. The highest BCUT2D eigenvalue weighted by Gasteiger charge is 2.38. The molecule has 2 atom stereocenters. The molecule has 168 valence electrons. The van der Waals surface area contributed by atoms with E-state index >= 15 is 0 Å². The number of aromatic nitrogens is 1. The lowest BCUT2D eigenvalue weighted by Crippen LogP contribution is -2.41. The molecule has 1 aromatic heterocycles. The maximum absolute atomic E-state index is 14.6. The van der Waals surface area contributed by atoms with Gasteiger partial charge in [-0.15, -0.1) is 0 Å². The predicted molar refractivity (Wildman–Crippen MR) is 110 cm³/mol. The van der Waals surface area contributed by atoms with Gasteiger partial charge in [0.1, 0.15) is 12.0 Å². The van der Waals surface area contributed by atoms with Gasteiger partial charge in [0.2, 0.25) is 5.91 Å². The predicted octanol–water partition coefficient (Wildman–Crippen LogP) is 3.70. The van der Waals surface area contributed by atoms with Crippen LogP contribution in [0.25, 0.3) is 0 Å². The molecule has 2 heterocycles. The standard InChI is InChI=1S/C22H20F4N4O2/c23-17-10-14(22(24,25)26)3-4-15(17)16-6-7-27-11-18(16)29-21(32)13-5-8-28-19(9-13)30-20(31)12-1-2-12/h3-9,12,17-18H,1-2,10-11H2,(H,29,32)(H,28,30,31). The number of nitrogens with one attached hydrogen (secondary N) is 2. The fourth-order valence-corrected chi connectivity index (χ4v) is 3.54. The SMILES string of the molecule is O=C(NC1CN=CC=C1C1=CC=C(C(F)(F)F)CC1F)c1ccnc(NC(=O)C2CC2)c1. The second-order valence-corrected chi connectivity index (χ2v) is 7.84. The molecule has 0 saturated heterocycles. The summed E-state index contributed by atoms with van der Waals surface area (Å²) in [5.41, 5.74) is -0.248. The van der Waals surface area contributed by atoms with E-state index in [0.29, 0.717) is 5.57 Å². The number of nitrogens with zero attached hydrogens (tertiary/aromatic N) is 2. The molecule has 32 heavy (non-hydrogen) atoms. The molecular weight excluding hydrogens is 428 g/mol. The molecule has 0 radical (unpaired) electrons. The molecule has 1 aliphatic heterocycles. The summed E-state index contributed by atoms with van der Waals surface area (Å²) >= 11 is 0. The number of carbonyl (C=O) groups is 2. The van der Waals surface area contributed by atoms with Crippen molar-refractivity contribution >= 4 is 23.8 Å². The average molecular weight is 448 g/mol. The summed E-state index contributed by atoms with van der Waals surface area (Å²) in [7, 11) is 0. The van der Waals surface area contributed by atoms with Crippen LogP contribution in [0.5, 0.6) is 0 Å². The second kappa shape index (κ2) is 8.68. The van der Waals surface area contributed by atoms with Crippen LogP contribution in [0, 0.1) is 5.92 Å². The first-order valence-corrected chi connectivity index (χ1v) is 10.1. The van der Waals surface area contributed by atoms with Gasteiger partial charge in [-0.05, 0) is 42.2 Å². The smallest absolute Gasteiger partial charge is 0.343 e. The minimum Gasteiger partial charge on any atom is -0.343 e. The Morgan fingerprint density at radius 2 is 1.88 bits per heavy atom. The van der Waals surface area contributed by atoms with Crippen LogP contribution >= 0.6 is 0 Å². The number of pyridine rings is 1. The third-order valence-corrected chi connectivity index (χ3v) is 5.45. The summed E-state index contributed by atoms with van der Waals surface area (Å²) < 4.78 is 53.3. The molecule has 1 aromatic rings. The van der Waals surface area contributed by atoms with Crippen molar-refractivity contribution < 1.29 is 27.2 Å². The normalized spacial score (nSPS) is 23.1. The van der Waals surface area contributed by atoms with E-state index in [2.05, 4.69) is 20.6 Å². The molecule has 6 nitrogen and oxygen atoms in total. The zero-order valence-corrected chi connectivity index (χ0v) is 16.8. The molecule has 2 N–H and O–H groups in total. The first-order valence-electron chi connectivity index (χ1n) is 10.1. The average Bonchev–Trinajstić information content (AvgIpc) is 3.59. The van der Waals surface area contributed by atoms with E-state index in [1.165, 1.54) is 30.6 Å². The molecule has 2 aliphatic carbocycles. The fraction of sp³-hybridized carbons (Fsp3) is 0.364. The first kappa shape index (κ1) is 21.9. The maximum atomic E-state index is 14.6. The highest BCUT2D eigenvalue weighted by Crippen LogP contribution is 2.37. The van der Waals surface area contributed by atoms with Gasteiger partial charge in [0.15, 0.2) is 0 Å². The van der Waals surface area contributed by atoms with Crippen LogP contribution in [0.15, 0.2) is 58.3 Å². The summed E-state index contributed by atoms with van der Waals surface area (Å²) in [6.45, 7) is 0.119. The Morgan fingerprint density at radius 1 is 1.09 bits per heavy atom. The van der Waals surface area contributed by atoms with Gasteiger partial charge in [0, 0.05) is 35.9 Å². The van der Waals surface area contributed by atoms with Crippen molar-refractivity contribution in [2.24, 2.45) is 10.9 Å². The van der Waals surface area contributed by atoms with Gasteiger partial charge in [0.25, 0.3) is 5.91 Å². The summed E-state index contributed by atoms with van der Waals surface area (Å²) in [6, 6.07) is 2.19. The summed E-state index contributed by atoms with van der Waals surface area (Å²) in [6.07, 6.45) is 0.738. The minimum absolute atomic E-state index is 0.0218. The Kier molecular flexibility index (Phi) is 5.94. The van der Waals surface area contributed by atoms with Crippen molar-refractivity contribution in [3.63, 3.8) is 0 Å². The number of allylic oxidation sites excluding steroid dienone is 4. The van der Waals surface area contributed by atoms with Gasteiger partial charge in [-0.25, -0.2) is 9.37 Å². The molecule has 0 aromatic carbocycles. The van der Waals surface area contributed by atoms with Gasteiger partial charge in [0.05, 0.1) is 12.6 Å². The van der Waals surface area contributed by atoms with Crippen LogP contribution in [-0.2, 0) is 4.79 Å². The lowest BCUT2D eigenvalue weighted by molar-refractivity contribution is -0.117. The zero-order chi connectivity index (χ0) is 22.9. The van der Waals surface area contributed by atoms with E-state index in [4.69, 9.17) is 0 Å². The Balaban J connectivity index is 1.49. The van der Waals surface area contributed by atoms with Crippen LogP contribution in [0.2, 0.25) is 0 Å². The van der Waals surface area contributed by atoms with E-state index in [1.807, 2.05) is 0 Å². The molecule has 2 amide bonds. The largest absolute Gasteiger partial charge is 0.412 e. The van der Waals surface area contributed by atoms with Gasteiger partial charge in [-0.1, -0.05) is 12.2 Å². The number of amides is 2. The number of halogens is 4. The van der Waals surface area contributed by atoms with Crippen molar-refractivity contribution in [3.8, 4) is 0 Å². The highest BCUT2D eigenvalue weighted by atomic mass is 19.4. The van der Waals surface area contributed by atoms with Crippen molar-refractivity contribution in [2.75, 3.05) is 11.9 Å². The highest BCUT2D eigenvalue weighted by molar-refractivity contribution is 5.98. The number of rotatable bonds is 5. The van der Waals surface area contributed by atoms with Crippen LogP contribution in [0.4, 0.5) is 23.4 Å². The topological polar surface area (TPSA) is 83.4 Å². The number of carbonyl (C=O) groups excluding carboxylic acids is 2. The lowest BCUT2D eigenvalue weighted by atomic mass is 9.86. The number of alkyl halides is 4. The Bertz CT molecular complexity index is 1050. The third kappa shape index (κ3) is 4.95. The molecule has 1 fully saturated rings. The molecule has 10 heteroatoms. The minimum atomic E-state index is -4.59. The number of hydrogen-bond donors (Lipinski definition) is 2. The van der Waals surface area contributed by atoms with Crippen molar-refractivity contribution in [3.05, 3.63) is 58.8 Å². The molecule has 2 unspecified atom stereocenters. The zero-order valence-electron chi connectivity index (χ0n) is 16.8. The first-order chi connectivity index (χ1) is 15.2. The third-order valence-electron chi connectivity index (χ3n) is 5.45. The number of aliphatic imine (C=N–C) groups is 1. The van der Waals surface area contributed by atoms with E-state index in [9.17, 15) is 27.2 Å². The van der Waals surface area contributed by atoms with Crippen LogP contribution in [0.3, 0.4) is 0 Å². The van der Waals surface area contributed by atoms with Gasteiger partial charge < -0.3 is 10.6 Å². The Morgan fingerprint density at radius 3 is 2.56 bits per heavy atom. The summed E-state index contributed by atoms with van der Waals surface area (Å²) in [5, 5.41) is 5.41. The lowest BCUT2D eigenvalue weighted by Gasteiger charge is -2.28. The van der Waals surface area contributed by atoms with Crippen LogP contribution < -0.4 is 10.6 Å². The van der Waals surface area contributed by atoms with Gasteiger partial charge in [-0.3, -0.25) is 14.6 Å². The van der Waals surface area contributed by atoms with Gasteiger partial charge >= 0.3 is 6.18 Å². The Hall–Kier alpha value is -3.30.